The lowest BCUT2D eigenvalue weighted by molar-refractivity contribution is 0.554. The Balaban J connectivity index is 2.26. The molecule has 1 atom stereocenters. The summed E-state index contributed by atoms with van der Waals surface area (Å²) in [6.07, 6.45) is 5.07. The number of nitrogens with one attached hydrogen (secondary N) is 1. The molecule has 0 aromatic carbocycles. The van der Waals surface area contributed by atoms with E-state index in [1.165, 1.54) is 6.20 Å². The minimum Gasteiger partial charge on any atom is -0.310 e. The summed E-state index contributed by atoms with van der Waals surface area (Å²) in [4.78, 5) is 3.71. The van der Waals surface area contributed by atoms with Gasteiger partial charge in [-0.15, -0.1) is 0 Å². The van der Waals surface area contributed by atoms with Gasteiger partial charge in [0.05, 0.1) is 6.20 Å². The Morgan fingerprint density at radius 2 is 2.50 bits per heavy atom. The van der Waals surface area contributed by atoms with Crippen molar-refractivity contribution in [1.82, 2.24) is 10.3 Å². The lowest BCUT2D eigenvalue weighted by Crippen LogP contribution is -2.14. The third kappa shape index (κ3) is 1.32. The van der Waals surface area contributed by atoms with E-state index in [1.807, 2.05) is 0 Å². The molecule has 2 rings (SSSR count). The Labute approximate surface area is 70.8 Å². The molecule has 0 aliphatic carbocycles. The molecule has 1 aliphatic heterocycles. The van der Waals surface area contributed by atoms with Crippen LogP contribution in [0.2, 0.25) is 0 Å². The van der Waals surface area contributed by atoms with Gasteiger partial charge in [0.25, 0.3) is 0 Å². The van der Waals surface area contributed by atoms with Crippen LogP contribution in [0.4, 0.5) is 4.39 Å². The molecule has 1 fully saturated rings. The van der Waals surface area contributed by atoms with Crippen molar-refractivity contribution in [2.45, 2.75) is 18.9 Å². The van der Waals surface area contributed by atoms with Gasteiger partial charge < -0.3 is 5.32 Å². The summed E-state index contributed by atoms with van der Waals surface area (Å²) in [5.74, 6) is -0.197. The number of nitrogens with zero attached hydrogens (tertiary/aromatic N) is 1. The molecule has 0 radical (unpaired) electrons. The molecule has 0 amide bonds. The molecule has 2 nitrogen and oxygen atoms in total. The van der Waals surface area contributed by atoms with Crippen LogP contribution < -0.4 is 5.32 Å². The number of hydrogen-bond donors (Lipinski definition) is 1. The highest BCUT2D eigenvalue weighted by Crippen LogP contribution is 2.24. The molecule has 0 unspecified atom stereocenters. The zero-order chi connectivity index (χ0) is 8.39. The van der Waals surface area contributed by atoms with E-state index in [4.69, 9.17) is 0 Å². The van der Waals surface area contributed by atoms with Crippen molar-refractivity contribution in [3.8, 4) is 0 Å². The second-order valence-corrected chi connectivity index (χ2v) is 3.05. The van der Waals surface area contributed by atoms with Crippen LogP contribution in [0.15, 0.2) is 18.5 Å². The Morgan fingerprint density at radius 3 is 3.17 bits per heavy atom. The molecule has 1 aliphatic rings. The fraction of sp³-hybridized carbons (Fsp3) is 0.444. The molecule has 0 saturated carbocycles. The highest BCUT2D eigenvalue weighted by atomic mass is 19.1. The molecule has 0 bridgehead atoms. The van der Waals surface area contributed by atoms with Crippen LogP contribution in [-0.2, 0) is 0 Å². The summed E-state index contributed by atoms with van der Waals surface area (Å²) in [6, 6.07) is 1.95. The second-order valence-electron chi connectivity index (χ2n) is 3.05. The lowest BCUT2D eigenvalue weighted by atomic mass is 10.1. The van der Waals surface area contributed by atoms with E-state index in [0.29, 0.717) is 0 Å². The molecule has 2 heterocycles. The number of pyridine rings is 1. The molecule has 1 aromatic heterocycles. The van der Waals surface area contributed by atoms with E-state index in [2.05, 4.69) is 10.3 Å². The van der Waals surface area contributed by atoms with Gasteiger partial charge in [0.1, 0.15) is 5.82 Å². The molecule has 1 N–H and O–H groups in total. The van der Waals surface area contributed by atoms with Gasteiger partial charge in [-0.1, -0.05) is 0 Å². The predicted molar refractivity (Wildman–Crippen MR) is 44.2 cm³/mol. The van der Waals surface area contributed by atoms with Crippen molar-refractivity contribution in [2.24, 2.45) is 0 Å². The molecule has 3 heteroatoms. The van der Waals surface area contributed by atoms with E-state index in [0.717, 1.165) is 24.9 Å². The summed E-state index contributed by atoms with van der Waals surface area (Å²) in [7, 11) is 0. The van der Waals surface area contributed by atoms with Crippen LogP contribution in [0.3, 0.4) is 0 Å². The maximum Gasteiger partial charge on any atom is 0.146 e. The van der Waals surface area contributed by atoms with Gasteiger partial charge in [-0.2, -0.15) is 0 Å². The summed E-state index contributed by atoms with van der Waals surface area (Å²) in [5, 5.41) is 3.25. The Kier molecular flexibility index (Phi) is 2.04. The van der Waals surface area contributed by atoms with Crippen LogP contribution in [-0.4, -0.2) is 11.5 Å². The minimum atomic E-state index is -0.197. The fourth-order valence-electron chi connectivity index (χ4n) is 1.62. The van der Waals surface area contributed by atoms with Crippen molar-refractivity contribution in [2.75, 3.05) is 6.54 Å². The average Bonchev–Trinajstić information content (AvgIpc) is 2.57. The average molecular weight is 166 g/mol. The summed E-state index contributed by atoms with van der Waals surface area (Å²) in [6.45, 7) is 0.992. The molecule has 12 heavy (non-hydrogen) atoms. The van der Waals surface area contributed by atoms with Gasteiger partial charge in [0.15, 0.2) is 0 Å². The molecular formula is C9H11FN2. The van der Waals surface area contributed by atoms with Gasteiger partial charge in [-0.25, -0.2) is 4.39 Å². The molecular weight excluding hydrogens is 155 g/mol. The van der Waals surface area contributed by atoms with Crippen molar-refractivity contribution in [1.29, 1.82) is 0 Å². The topological polar surface area (TPSA) is 24.9 Å². The van der Waals surface area contributed by atoms with E-state index in [-0.39, 0.29) is 11.9 Å². The highest BCUT2D eigenvalue weighted by Gasteiger charge is 2.18. The fourth-order valence-corrected chi connectivity index (χ4v) is 1.62. The SMILES string of the molecule is Fc1cnccc1[C@@H]1CCCN1. The summed E-state index contributed by atoms with van der Waals surface area (Å²) >= 11 is 0. The van der Waals surface area contributed by atoms with Crippen molar-refractivity contribution in [3.63, 3.8) is 0 Å². The maximum absolute atomic E-state index is 13.1. The molecule has 1 saturated heterocycles. The van der Waals surface area contributed by atoms with E-state index in [9.17, 15) is 4.39 Å². The first kappa shape index (κ1) is 7.68. The molecule has 64 valence electrons. The number of halogens is 1. The first-order chi connectivity index (χ1) is 5.88. The van der Waals surface area contributed by atoms with Crippen molar-refractivity contribution in [3.05, 3.63) is 29.8 Å². The normalized spacial score (nSPS) is 22.9. The maximum atomic E-state index is 13.1. The minimum absolute atomic E-state index is 0.197. The monoisotopic (exact) mass is 166 g/mol. The van der Waals surface area contributed by atoms with Crippen LogP contribution >= 0.6 is 0 Å². The first-order valence-electron chi connectivity index (χ1n) is 4.21. The first-order valence-corrected chi connectivity index (χ1v) is 4.21. The Hall–Kier alpha value is -0.960. The van der Waals surface area contributed by atoms with Gasteiger partial charge in [-0.05, 0) is 25.5 Å². The smallest absolute Gasteiger partial charge is 0.146 e. The zero-order valence-corrected chi connectivity index (χ0v) is 6.76. The molecule has 1 aromatic rings. The van der Waals surface area contributed by atoms with Crippen molar-refractivity contribution >= 4 is 0 Å². The number of rotatable bonds is 1. The quantitative estimate of drug-likeness (QED) is 0.686. The van der Waals surface area contributed by atoms with Crippen LogP contribution in [0.25, 0.3) is 0 Å². The largest absolute Gasteiger partial charge is 0.310 e. The standard InChI is InChI=1S/C9H11FN2/c10-8-6-11-5-3-7(8)9-2-1-4-12-9/h3,5-6,9,12H,1-2,4H2/t9-/m0/s1. The van der Waals surface area contributed by atoms with Gasteiger partial charge in [0.2, 0.25) is 0 Å². The van der Waals surface area contributed by atoms with E-state index < -0.39 is 0 Å². The third-order valence-electron chi connectivity index (χ3n) is 2.24. The highest BCUT2D eigenvalue weighted by molar-refractivity contribution is 5.18. The lowest BCUT2D eigenvalue weighted by Gasteiger charge is -2.10. The second kappa shape index (κ2) is 3.19. The summed E-state index contributed by atoms with van der Waals surface area (Å²) in [5.41, 5.74) is 0.752. The van der Waals surface area contributed by atoms with Crippen LogP contribution in [0.5, 0.6) is 0 Å². The van der Waals surface area contributed by atoms with E-state index >= 15 is 0 Å². The van der Waals surface area contributed by atoms with Gasteiger partial charge >= 0.3 is 0 Å². The zero-order valence-electron chi connectivity index (χ0n) is 6.76. The Morgan fingerprint density at radius 1 is 1.58 bits per heavy atom. The van der Waals surface area contributed by atoms with Crippen LogP contribution in [0, 0.1) is 5.82 Å². The molecule has 0 spiro atoms. The van der Waals surface area contributed by atoms with Crippen LogP contribution in [0.1, 0.15) is 24.4 Å². The Bertz CT molecular complexity index is 269. The van der Waals surface area contributed by atoms with Gasteiger partial charge in [-0.3, -0.25) is 4.98 Å². The van der Waals surface area contributed by atoms with E-state index in [1.54, 1.807) is 12.3 Å². The van der Waals surface area contributed by atoms with Gasteiger partial charge in [0, 0.05) is 17.8 Å². The predicted octanol–water partition coefficient (Wildman–Crippen LogP) is 1.65. The summed E-state index contributed by atoms with van der Waals surface area (Å²) < 4.78 is 13.1. The number of hydrogen-bond acceptors (Lipinski definition) is 2. The van der Waals surface area contributed by atoms with Crippen molar-refractivity contribution < 1.29 is 4.39 Å². The third-order valence-corrected chi connectivity index (χ3v) is 2.24. The number of aromatic nitrogens is 1.